The standard InChI is InChI=1S/C25H40O2Si/c1-23(2,3)28(6,7)27-22-11-10-20-19-9-8-17-16-18(26)12-14-24(17,4)21(19)13-15-25(20,22)5/h8-9,16,19-22H,10-15H2,1-7H3/t19?,20?,21?,22?,24-,25-/m0/s1. The number of rotatable bonds is 2. The number of allylic oxidation sites excluding steroid dienone is 4. The molecule has 4 aliphatic rings. The van der Waals surface area contributed by atoms with Crippen LogP contribution in [0.3, 0.4) is 0 Å². The fourth-order valence-corrected chi connectivity index (χ4v) is 8.13. The van der Waals surface area contributed by atoms with Gasteiger partial charge in [-0.1, -0.05) is 46.8 Å². The molecule has 6 atom stereocenters. The molecule has 2 fully saturated rings. The van der Waals surface area contributed by atoms with Gasteiger partial charge in [0.2, 0.25) is 0 Å². The first kappa shape index (κ1) is 20.6. The largest absolute Gasteiger partial charge is 0.413 e. The Balaban J connectivity index is 1.61. The molecule has 3 heteroatoms. The average Bonchev–Trinajstić information content (AvgIpc) is 2.91. The van der Waals surface area contributed by atoms with Gasteiger partial charge in [-0.3, -0.25) is 4.79 Å². The summed E-state index contributed by atoms with van der Waals surface area (Å²) < 4.78 is 7.02. The number of ketones is 1. The Bertz CT molecular complexity index is 727. The van der Waals surface area contributed by atoms with E-state index in [1.165, 1.54) is 31.3 Å². The SMILES string of the molecule is CC(C)(C)[Si](C)(C)OC1CCC2C3C=CC4=CC(=O)CC[C@]4(C)C3CC[C@]12C. The molecule has 0 aromatic rings. The van der Waals surface area contributed by atoms with Crippen LogP contribution in [0.5, 0.6) is 0 Å². The van der Waals surface area contributed by atoms with Gasteiger partial charge in [0.15, 0.2) is 14.1 Å². The summed E-state index contributed by atoms with van der Waals surface area (Å²) in [6.45, 7) is 16.9. The van der Waals surface area contributed by atoms with E-state index in [9.17, 15) is 4.79 Å². The molecule has 0 bridgehead atoms. The molecule has 4 aliphatic carbocycles. The molecule has 4 rings (SSSR count). The highest BCUT2D eigenvalue weighted by molar-refractivity contribution is 6.74. The zero-order valence-corrected chi connectivity index (χ0v) is 20.1. The quantitative estimate of drug-likeness (QED) is 0.483. The van der Waals surface area contributed by atoms with E-state index in [1.807, 2.05) is 6.08 Å². The monoisotopic (exact) mass is 400 g/mol. The van der Waals surface area contributed by atoms with Crippen LogP contribution >= 0.6 is 0 Å². The average molecular weight is 401 g/mol. The summed E-state index contributed by atoms with van der Waals surface area (Å²) in [5.74, 6) is 2.40. The molecule has 4 unspecified atom stereocenters. The van der Waals surface area contributed by atoms with Gasteiger partial charge in [-0.05, 0) is 90.5 Å². The molecule has 0 aromatic heterocycles. The van der Waals surface area contributed by atoms with Crippen molar-refractivity contribution in [1.82, 2.24) is 0 Å². The molecular formula is C25H40O2Si. The molecule has 0 saturated heterocycles. The minimum absolute atomic E-state index is 0.201. The lowest BCUT2D eigenvalue weighted by molar-refractivity contribution is -0.116. The maximum Gasteiger partial charge on any atom is 0.192 e. The zero-order valence-electron chi connectivity index (χ0n) is 19.1. The first-order valence-electron chi connectivity index (χ1n) is 11.5. The van der Waals surface area contributed by atoms with Crippen LogP contribution < -0.4 is 0 Å². The van der Waals surface area contributed by atoms with Crippen LogP contribution in [0.25, 0.3) is 0 Å². The molecule has 0 aliphatic heterocycles. The molecule has 0 spiro atoms. The molecule has 2 nitrogen and oxygen atoms in total. The Labute approximate surface area is 173 Å². The third-order valence-electron chi connectivity index (χ3n) is 9.67. The van der Waals surface area contributed by atoms with Crippen LogP contribution in [-0.4, -0.2) is 20.2 Å². The van der Waals surface area contributed by atoms with Crippen LogP contribution in [0.15, 0.2) is 23.8 Å². The van der Waals surface area contributed by atoms with Crippen molar-refractivity contribution in [2.45, 2.75) is 97.4 Å². The van der Waals surface area contributed by atoms with Gasteiger partial charge in [0.05, 0.1) is 6.10 Å². The van der Waals surface area contributed by atoms with E-state index >= 15 is 0 Å². The van der Waals surface area contributed by atoms with Crippen molar-refractivity contribution in [3.63, 3.8) is 0 Å². The number of fused-ring (bicyclic) bond motifs is 5. The van der Waals surface area contributed by atoms with Crippen molar-refractivity contribution in [3.05, 3.63) is 23.8 Å². The molecule has 0 amide bonds. The summed E-state index contributed by atoms with van der Waals surface area (Å²) >= 11 is 0. The molecule has 156 valence electrons. The molecule has 28 heavy (non-hydrogen) atoms. The van der Waals surface area contributed by atoms with Gasteiger partial charge in [-0.2, -0.15) is 0 Å². The summed E-state index contributed by atoms with van der Waals surface area (Å²) in [6, 6.07) is 0. The third-order valence-corrected chi connectivity index (χ3v) is 14.2. The van der Waals surface area contributed by atoms with Gasteiger partial charge in [-0.25, -0.2) is 0 Å². The van der Waals surface area contributed by atoms with Gasteiger partial charge < -0.3 is 4.43 Å². The first-order chi connectivity index (χ1) is 12.9. The van der Waals surface area contributed by atoms with E-state index in [0.717, 1.165) is 18.8 Å². The van der Waals surface area contributed by atoms with Gasteiger partial charge in [0, 0.05) is 6.42 Å². The molecule has 0 heterocycles. The summed E-state index contributed by atoms with van der Waals surface area (Å²) in [7, 11) is -1.75. The third kappa shape index (κ3) is 2.95. The molecule has 0 radical (unpaired) electrons. The molecule has 2 saturated carbocycles. The fourth-order valence-electron chi connectivity index (χ4n) is 6.67. The van der Waals surface area contributed by atoms with E-state index in [1.54, 1.807) is 0 Å². The van der Waals surface area contributed by atoms with Crippen LogP contribution in [0.2, 0.25) is 18.1 Å². The van der Waals surface area contributed by atoms with E-state index in [2.05, 4.69) is 59.9 Å². The van der Waals surface area contributed by atoms with Crippen LogP contribution in [0.4, 0.5) is 0 Å². The lowest BCUT2D eigenvalue weighted by Crippen LogP contribution is -2.52. The Morgan fingerprint density at radius 1 is 1.07 bits per heavy atom. The van der Waals surface area contributed by atoms with Crippen LogP contribution in [0.1, 0.15) is 73.1 Å². The highest BCUT2D eigenvalue weighted by atomic mass is 28.4. The van der Waals surface area contributed by atoms with Crippen LogP contribution in [-0.2, 0) is 9.22 Å². The minimum Gasteiger partial charge on any atom is -0.413 e. The van der Waals surface area contributed by atoms with Crippen molar-refractivity contribution in [2.24, 2.45) is 28.6 Å². The summed E-state index contributed by atoms with van der Waals surface area (Å²) in [6.07, 6.45) is 14.0. The Morgan fingerprint density at radius 2 is 1.79 bits per heavy atom. The first-order valence-corrected chi connectivity index (χ1v) is 14.4. The lowest BCUT2D eigenvalue weighted by atomic mass is 9.49. The Kier molecular flexibility index (Phi) is 4.71. The van der Waals surface area contributed by atoms with E-state index in [0.29, 0.717) is 29.1 Å². The molecular weight excluding hydrogens is 360 g/mol. The lowest BCUT2D eigenvalue weighted by Gasteiger charge is -2.56. The second-order valence-corrected chi connectivity index (χ2v) is 16.9. The van der Waals surface area contributed by atoms with Gasteiger partial charge in [-0.15, -0.1) is 0 Å². The maximum atomic E-state index is 12.0. The van der Waals surface area contributed by atoms with Crippen molar-refractivity contribution in [3.8, 4) is 0 Å². The highest BCUT2D eigenvalue weighted by Crippen LogP contribution is 2.64. The maximum absolute atomic E-state index is 12.0. The second-order valence-electron chi connectivity index (χ2n) is 12.1. The second kappa shape index (κ2) is 6.41. The van der Waals surface area contributed by atoms with Crippen molar-refractivity contribution in [1.29, 1.82) is 0 Å². The highest BCUT2D eigenvalue weighted by Gasteiger charge is 2.59. The summed E-state index contributed by atoms with van der Waals surface area (Å²) in [5.41, 5.74) is 1.82. The molecule has 0 aromatic carbocycles. The zero-order chi connectivity index (χ0) is 20.5. The number of hydrogen-bond donors (Lipinski definition) is 0. The summed E-state index contributed by atoms with van der Waals surface area (Å²) in [4.78, 5) is 12.0. The molecule has 0 N–H and O–H groups in total. The van der Waals surface area contributed by atoms with Gasteiger partial charge in [0.1, 0.15) is 0 Å². The fraction of sp³-hybridized carbons (Fsp3) is 0.800. The van der Waals surface area contributed by atoms with Crippen LogP contribution in [0, 0.1) is 28.6 Å². The topological polar surface area (TPSA) is 26.3 Å². The number of hydrogen-bond acceptors (Lipinski definition) is 2. The Hall–Kier alpha value is -0.673. The van der Waals surface area contributed by atoms with Crippen molar-refractivity contribution >= 4 is 14.1 Å². The summed E-state index contributed by atoms with van der Waals surface area (Å²) in [5, 5.41) is 0.269. The van der Waals surface area contributed by atoms with Crippen molar-refractivity contribution in [2.75, 3.05) is 0 Å². The predicted octanol–water partition coefficient (Wildman–Crippen LogP) is 6.68. The van der Waals surface area contributed by atoms with Gasteiger partial charge >= 0.3 is 0 Å². The van der Waals surface area contributed by atoms with Gasteiger partial charge in [0.25, 0.3) is 0 Å². The minimum atomic E-state index is -1.75. The van der Waals surface area contributed by atoms with E-state index in [-0.39, 0.29) is 10.5 Å². The smallest absolute Gasteiger partial charge is 0.192 e. The van der Waals surface area contributed by atoms with E-state index in [4.69, 9.17) is 4.43 Å². The van der Waals surface area contributed by atoms with E-state index < -0.39 is 8.32 Å². The van der Waals surface area contributed by atoms with Crippen molar-refractivity contribution < 1.29 is 9.22 Å². The normalized spacial score (nSPS) is 43.2. The number of carbonyl (C=O) groups excluding carboxylic acids is 1. The number of carbonyl (C=O) groups is 1. The Morgan fingerprint density at radius 3 is 2.46 bits per heavy atom. The predicted molar refractivity (Wildman–Crippen MR) is 119 cm³/mol.